The summed E-state index contributed by atoms with van der Waals surface area (Å²) in [5.41, 5.74) is 0.252. The molecule has 0 unspecified atom stereocenters. The SMILES string of the molecule is CCOC(=O)CN(CC)C(=O)c1cc(Br)cnc1Cl. The van der Waals surface area contributed by atoms with E-state index in [0.29, 0.717) is 11.0 Å². The lowest BCUT2D eigenvalue weighted by atomic mass is 10.2. The second kappa shape index (κ2) is 7.45. The second-order valence-electron chi connectivity index (χ2n) is 3.62. The van der Waals surface area contributed by atoms with E-state index in [0.717, 1.165) is 0 Å². The van der Waals surface area contributed by atoms with Gasteiger partial charge in [-0.15, -0.1) is 0 Å². The standard InChI is InChI=1S/C12H14BrClN2O3/c1-3-16(7-10(17)19-4-2)12(18)9-5-8(13)6-15-11(9)14/h5-6H,3-4,7H2,1-2H3. The molecule has 0 aromatic carbocycles. The normalized spacial score (nSPS) is 10.1. The fourth-order valence-electron chi connectivity index (χ4n) is 1.43. The molecule has 7 heteroatoms. The maximum absolute atomic E-state index is 12.3. The summed E-state index contributed by atoms with van der Waals surface area (Å²) in [5, 5.41) is 0.107. The zero-order valence-corrected chi connectivity index (χ0v) is 13.0. The Morgan fingerprint density at radius 1 is 1.47 bits per heavy atom. The monoisotopic (exact) mass is 348 g/mol. The molecule has 0 aliphatic rings. The molecule has 0 bridgehead atoms. The third-order valence-electron chi connectivity index (χ3n) is 2.33. The molecule has 0 atom stereocenters. The van der Waals surface area contributed by atoms with Crippen molar-refractivity contribution in [1.82, 2.24) is 9.88 Å². The molecule has 0 saturated carbocycles. The smallest absolute Gasteiger partial charge is 0.325 e. The highest BCUT2D eigenvalue weighted by Crippen LogP contribution is 2.19. The van der Waals surface area contributed by atoms with Gasteiger partial charge in [-0.2, -0.15) is 0 Å². The predicted octanol–water partition coefficient (Wildman–Crippen LogP) is 2.52. The van der Waals surface area contributed by atoms with E-state index in [4.69, 9.17) is 16.3 Å². The Labute approximate surface area is 125 Å². The van der Waals surface area contributed by atoms with Crippen molar-refractivity contribution in [2.45, 2.75) is 13.8 Å². The quantitative estimate of drug-likeness (QED) is 0.605. The van der Waals surface area contributed by atoms with E-state index in [-0.39, 0.29) is 29.8 Å². The minimum Gasteiger partial charge on any atom is -0.465 e. The molecule has 1 heterocycles. The molecule has 1 aromatic heterocycles. The highest BCUT2D eigenvalue weighted by atomic mass is 79.9. The van der Waals surface area contributed by atoms with Gasteiger partial charge >= 0.3 is 5.97 Å². The molecule has 19 heavy (non-hydrogen) atoms. The van der Waals surface area contributed by atoms with Crippen LogP contribution in [0.3, 0.4) is 0 Å². The molecule has 1 rings (SSSR count). The molecule has 0 saturated heterocycles. The van der Waals surface area contributed by atoms with Crippen LogP contribution < -0.4 is 0 Å². The van der Waals surface area contributed by atoms with Crippen LogP contribution >= 0.6 is 27.5 Å². The van der Waals surface area contributed by atoms with Crippen LogP contribution in [0.15, 0.2) is 16.7 Å². The molecular formula is C12H14BrClN2O3. The largest absolute Gasteiger partial charge is 0.465 e. The van der Waals surface area contributed by atoms with Crippen molar-refractivity contribution in [1.29, 1.82) is 0 Å². The summed E-state index contributed by atoms with van der Waals surface area (Å²) in [6, 6.07) is 1.57. The van der Waals surface area contributed by atoms with Crippen molar-refractivity contribution in [3.63, 3.8) is 0 Å². The number of amides is 1. The van der Waals surface area contributed by atoms with Crippen molar-refractivity contribution in [2.24, 2.45) is 0 Å². The first-order valence-corrected chi connectivity index (χ1v) is 6.92. The van der Waals surface area contributed by atoms with Gasteiger partial charge in [-0.3, -0.25) is 9.59 Å². The lowest BCUT2D eigenvalue weighted by Crippen LogP contribution is -2.36. The summed E-state index contributed by atoms with van der Waals surface area (Å²) in [4.78, 5) is 28.9. The van der Waals surface area contributed by atoms with Crippen LogP contribution in [-0.4, -0.2) is 41.5 Å². The highest BCUT2D eigenvalue weighted by Gasteiger charge is 2.21. The van der Waals surface area contributed by atoms with Crippen molar-refractivity contribution < 1.29 is 14.3 Å². The number of carbonyl (C=O) groups excluding carboxylic acids is 2. The summed E-state index contributed by atoms with van der Waals surface area (Å²) in [7, 11) is 0. The summed E-state index contributed by atoms with van der Waals surface area (Å²) in [5.74, 6) is -0.800. The molecule has 104 valence electrons. The van der Waals surface area contributed by atoms with Crippen LogP contribution in [0.25, 0.3) is 0 Å². The predicted molar refractivity (Wildman–Crippen MR) is 75.2 cm³/mol. The van der Waals surface area contributed by atoms with E-state index in [9.17, 15) is 9.59 Å². The summed E-state index contributed by atoms with van der Waals surface area (Å²) >= 11 is 9.12. The summed E-state index contributed by atoms with van der Waals surface area (Å²) in [6.07, 6.45) is 1.50. The number of halogens is 2. The van der Waals surface area contributed by atoms with Gasteiger partial charge in [0.1, 0.15) is 11.7 Å². The number of rotatable bonds is 5. The molecule has 0 aliphatic heterocycles. The lowest BCUT2D eigenvalue weighted by molar-refractivity contribution is -0.143. The number of hydrogen-bond acceptors (Lipinski definition) is 4. The van der Waals surface area contributed by atoms with E-state index >= 15 is 0 Å². The number of carbonyl (C=O) groups is 2. The fourth-order valence-corrected chi connectivity index (χ4v) is 1.95. The van der Waals surface area contributed by atoms with Gasteiger partial charge in [0.2, 0.25) is 0 Å². The third-order valence-corrected chi connectivity index (χ3v) is 3.07. The maximum Gasteiger partial charge on any atom is 0.325 e. The van der Waals surface area contributed by atoms with Crippen LogP contribution in [0.4, 0.5) is 0 Å². The van der Waals surface area contributed by atoms with Crippen molar-refractivity contribution >= 4 is 39.4 Å². The Hall–Kier alpha value is -1.14. The first-order chi connectivity index (χ1) is 8.99. The Balaban J connectivity index is 2.89. The lowest BCUT2D eigenvalue weighted by Gasteiger charge is -2.20. The summed E-state index contributed by atoms with van der Waals surface area (Å²) in [6.45, 7) is 4.04. The number of esters is 1. The van der Waals surface area contributed by atoms with Gasteiger partial charge < -0.3 is 9.64 Å². The van der Waals surface area contributed by atoms with Crippen molar-refractivity contribution in [2.75, 3.05) is 19.7 Å². The van der Waals surface area contributed by atoms with Crippen LogP contribution in [0.5, 0.6) is 0 Å². The molecule has 0 radical (unpaired) electrons. The van der Waals surface area contributed by atoms with E-state index < -0.39 is 5.97 Å². The van der Waals surface area contributed by atoms with E-state index in [1.807, 2.05) is 0 Å². The van der Waals surface area contributed by atoms with Crippen molar-refractivity contribution in [3.8, 4) is 0 Å². The molecule has 0 fully saturated rings. The van der Waals surface area contributed by atoms with Gasteiger partial charge in [0.15, 0.2) is 0 Å². The average Bonchev–Trinajstić information content (AvgIpc) is 2.38. The first kappa shape index (κ1) is 15.9. The zero-order valence-electron chi connectivity index (χ0n) is 10.7. The second-order valence-corrected chi connectivity index (χ2v) is 4.89. The molecule has 1 aromatic rings. The molecule has 5 nitrogen and oxygen atoms in total. The van der Waals surface area contributed by atoms with Crippen LogP contribution in [0.1, 0.15) is 24.2 Å². The fraction of sp³-hybridized carbons (Fsp3) is 0.417. The highest BCUT2D eigenvalue weighted by molar-refractivity contribution is 9.10. The van der Waals surface area contributed by atoms with Gasteiger partial charge in [0.05, 0.1) is 12.2 Å². The summed E-state index contributed by atoms with van der Waals surface area (Å²) < 4.78 is 5.47. The minimum atomic E-state index is -0.447. The van der Waals surface area contributed by atoms with Gasteiger partial charge in [-0.25, -0.2) is 4.98 Å². The maximum atomic E-state index is 12.3. The molecular weight excluding hydrogens is 336 g/mol. The first-order valence-electron chi connectivity index (χ1n) is 5.75. The third kappa shape index (κ3) is 4.47. The van der Waals surface area contributed by atoms with Gasteiger partial charge in [-0.05, 0) is 35.8 Å². The Kier molecular flexibility index (Phi) is 6.24. The molecule has 0 N–H and O–H groups in total. The van der Waals surface area contributed by atoms with Crippen LogP contribution in [0.2, 0.25) is 5.15 Å². The van der Waals surface area contributed by atoms with Gasteiger partial charge in [-0.1, -0.05) is 11.6 Å². The number of ether oxygens (including phenoxy) is 1. The number of aromatic nitrogens is 1. The number of pyridine rings is 1. The van der Waals surface area contributed by atoms with E-state index in [1.165, 1.54) is 11.1 Å². The van der Waals surface area contributed by atoms with Gasteiger partial charge in [0, 0.05) is 17.2 Å². The van der Waals surface area contributed by atoms with Crippen LogP contribution in [0, 0.1) is 0 Å². The Morgan fingerprint density at radius 3 is 2.74 bits per heavy atom. The molecule has 0 spiro atoms. The molecule has 0 aliphatic carbocycles. The Morgan fingerprint density at radius 2 is 2.16 bits per heavy atom. The number of nitrogens with zero attached hydrogens (tertiary/aromatic N) is 2. The number of likely N-dealkylation sites (N-methyl/N-ethyl adjacent to an activating group) is 1. The van der Waals surface area contributed by atoms with Crippen molar-refractivity contribution in [3.05, 3.63) is 27.5 Å². The average molecular weight is 350 g/mol. The topological polar surface area (TPSA) is 59.5 Å². The van der Waals surface area contributed by atoms with Crippen LogP contribution in [-0.2, 0) is 9.53 Å². The number of hydrogen-bond donors (Lipinski definition) is 0. The zero-order chi connectivity index (χ0) is 14.4. The minimum absolute atomic E-state index is 0.105. The van der Waals surface area contributed by atoms with E-state index in [2.05, 4.69) is 20.9 Å². The molecule has 1 amide bonds. The van der Waals surface area contributed by atoms with E-state index in [1.54, 1.807) is 19.9 Å². The van der Waals surface area contributed by atoms with Gasteiger partial charge in [0.25, 0.3) is 5.91 Å². The Bertz CT molecular complexity index is 482.